The summed E-state index contributed by atoms with van der Waals surface area (Å²) in [6, 6.07) is 7.75. The van der Waals surface area contributed by atoms with Gasteiger partial charge in [-0.15, -0.1) is 0 Å². The van der Waals surface area contributed by atoms with Gasteiger partial charge in [0.05, 0.1) is 11.2 Å². The number of H-pyrrole nitrogens is 1. The number of nitrogens with two attached hydrogens (primary N) is 1. The zero-order valence-corrected chi connectivity index (χ0v) is 12.0. The quantitative estimate of drug-likeness (QED) is 0.899. The largest absolute Gasteiger partial charge is 0.344 e. The fourth-order valence-electron chi connectivity index (χ4n) is 2.51. The number of aromatic amines is 1. The van der Waals surface area contributed by atoms with Gasteiger partial charge in [-0.05, 0) is 44.7 Å². The molecule has 0 aliphatic heterocycles. The van der Waals surface area contributed by atoms with Gasteiger partial charge in [-0.25, -0.2) is 4.98 Å². The number of nitrogens with zero attached hydrogens (tertiary/aromatic N) is 1. The number of imidazole rings is 1. The van der Waals surface area contributed by atoms with Crippen LogP contribution in [0.5, 0.6) is 0 Å². The molecule has 100 valence electrons. The first-order chi connectivity index (χ1) is 8.98. The number of hydrogen-bond acceptors (Lipinski definition) is 2. The van der Waals surface area contributed by atoms with E-state index in [1.807, 2.05) is 31.2 Å². The van der Waals surface area contributed by atoms with Crippen LogP contribution in [0.15, 0.2) is 24.3 Å². The smallest absolute Gasteiger partial charge is 0.127 e. The molecule has 1 aliphatic rings. The van der Waals surface area contributed by atoms with Gasteiger partial charge in [0, 0.05) is 16.3 Å². The molecule has 2 aromatic rings. The topological polar surface area (TPSA) is 54.7 Å². The summed E-state index contributed by atoms with van der Waals surface area (Å²) in [6.07, 6.45) is 2.39. The molecule has 1 saturated carbocycles. The zero-order chi connectivity index (χ0) is 13.6. The molecule has 1 unspecified atom stereocenters. The molecule has 0 radical (unpaired) electrons. The standard InChI is InChI=1S/C15H18ClN3/c1-9-13(10-4-3-5-12(16)8-10)19-14(18-9)15(2,17)11-6-7-11/h3-5,8,11H,6-7,17H2,1-2H3,(H,18,19). The highest BCUT2D eigenvalue weighted by molar-refractivity contribution is 6.30. The lowest BCUT2D eigenvalue weighted by atomic mass is 9.97. The normalized spacial score (nSPS) is 18.3. The van der Waals surface area contributed by atoms with Gasteiger partial charge in [0.1, 0.15) is 5.82 Å². The molecule has 0 bridgehead atoms. The van der Waals surface area contributed by atoms with Crippen LogP contribution < -0.4 is 5.73 Å². The minimum atomic E-state index is -0.360. The fraction of sp³-hybridized carbons (Fsp3) is 0.400. The Morgan fingerprint density at radius 3 is 2.79 bits per heavy atom. The summed E-state index contributed by atoms with van der Waals surface area (Å²) in [5.74, 6) is 1.42. The third-order valence-electron chi connectivity index (χ3n) is 3.92. The average Bonchev–Trinajstić information content (AvgIpc) is 3.13. The van der Waals surface area contributed by atoms with Crippen LogP contribution in [-0.2, 0) is 5.54 Å². The van der Waals surface area contributed by atoms with E-state index >= 15 is 0 Å². The molecule has 0 spiro atoms. The summed E-state index contributed by atoms with van der Waals surface area (Å²) in [7, 11) is 0. The van der Waals surface area contributed by atoms with Crippen LogP contribution >= 0.6 is 11.6 Å². The zero-order valence-electron chi connectivity index (χ0n) is 11.2. The SMILES string of the molecule is Cc1[nH]c(C(C)(N)C2CC2)nc1-c1cccc(Cl)c1. The number of aryl methyl sites for hydroxylation is 1. The van der Waals surface area contributed by atoms with Gasteiger partial charge in [0.25, 0.3) is 0 Å². The molecule has 1 heterocycles. The summed E-state index contributed by atoms with van der Waals surface area (Å²) in [6.45, 7) is 4.08. The predicted octanol–water partition coefficient (Wildman–Crippen LogP) is 3.62. The Kier molecular flexibility index (Phi) is 2.91. The van der Waals surface area contributed by atoms with Crippen molar-refractivity contribution in [3.8, 4) is 11.3 Å². The van der Waals surface area contributed by atoms with E-state index in [-0.39, 0.29) is 5.54 Å². The van der Waals surface area contributed by atoms with E-state index in [2.05, 4.69) is 11.9 Å². The Hall–Kier alpha value is -1.32. The summed E-state index contributed by atoms with van der Waals surface area (Å²) in [5.41, 5.74) is 9.06. The first-order valence-electron chi connectivity index (χ1n) is 6.60. The number of aromatic nitrogens is 2. The summed E-state index contributed by atoms with van der Waals surface area (Å²) in [5, 5.41) is 0.721. The van der Waals surface area contributed by atoms with Gasteiger partial charge >= 0.3 is 0 Å². The van der Waals surface area contributed by atoms with Crippen molar-refractivity contribution >= 4 is 11.6 Å². The van der Waals surface area contributed by atoms with E-state index in [0.717, 1.165) is 27.8 Å². The van der Waals surface area contributed by atoms with Gasteiger partial charge in [-0.2, -0.15) is 0 Å². The van der Waals surface area contributed by atoms with Crippen molar-refractivity contribution in [2.45, 2.75) is 32.2 Å². The second-order valence-electron chi connectivity index (χ2n) is 5.63. The second kappa shape index (κ2) is 4.36. The lowest BCUT2D eigenvalue weighted by Crippen LogP contribution is -2.36. The molecule has 1 aromatic carbocycles. The van der Waals surface area contributed by atoms with E-state index in [1.54, 1.807) is 0 Å². The first-order valence-corrected chi connectivity index (χ1v) is 6.98. The molecule has 1 fully saturated rings. The van der Waals surface area contributed by atoms with Gasteiger partial charge in [0.2, 0.25) is 0 Å². The average molecular weight is 276 g/mol. The van der Waals surface area contributed by atoms with Crippen molar-refractivity contribution in [1.29, 1.82) is 0 Å². The lowest BCUT2D eigenvalue weighted by Gasteiger charge is -2.21. The highest BCUT2D eigenvalue weighted by Gasteiger charge is 2.42. The number of halogens is 1. The number of nitrogens with one attached hydrogen (secondary N) is 1. The van der Waals surface area contributed by atoms with Gasteiger partial charge in [-0.3, -0.25) is 0 Å². The van der Waals surface area contributed by atoms with Crippen molar-refractivity contribution in [3.63, 3.8) is 0 Å². The minimum Gasteiger partial charge on any atom is -0.344 e. The third kappa shape index (κ3) is 2.28. The van der Waals surface area contributed by atoms with Crippen LogP contribution in [0.3, 0.4) is 0 Å². The van der Waals surface area contributed by atoms with E-state index < -0.39 is 0 Å². The Morgan fingerprint density at radius 2 is 2.16 bits per heavy atom. The van der Waals surface area contributed by atoms with Crippen LogP contribution in [0, 0.1) is 12.8 Å². The number of benzene rings is 1. The van der Waals surface area contributed by atoms with Gasteiger partial charge in [-0.1, -0.05) is 23.7 Å². The van der Waals surface area contributed by atoms with Crippen molar-refractivity contribution in [2.24, 2.45) is 11.7 Å². The lowest BCUT2D eigenvalue weighted by molar-refractivity contribution is 0.404. The van der Waals surface area contributed by atoms with Crippen LogP contribution in [0.1, 0.15) is 31.3 Å². The summed E-state index contributed by atoms with van der Waals surface area (Å²) in [4.78, 5) is 8.06. The van der Waals surface area contributed by atoms with Crippen LogP contribution in [0.25, 0.3) is 11.3 Å². The Bertz CT molecular complexity index is 612. The highest BCUT2D eigenvalue weighted by atomic mass is 35.5. The molecule has 0 saturated heterocycles. The van der Waals surface area contributed by atoms with E-state index in [9.17, 15) is 0 Å². The van der Waals surface area contributed by atoms with E-state index in [0.29, 0.717) is 5.92 Å². The molecule has 3 rings (SSSR count). The maximum atomic E-state index is 6.41. The molecule has 1 aromatic heterocycles. The second-order valence-corrected chi connectivity index (χ2v) is 6.06. The fourth-order valence-corrected chi connectivity index (χ4v) is 2.70. The minimum absolute atomic E-state index is 0.360. The monoisotopic (exact) mass is 275 g/mol. The molecular weight excluding hydrogens is 258 g/mol. The molecule has 4 heteroatoms. The summed E-state index contributed by atoms with van der Waals surface area (Å²) < 4.78 is 0. The van der Waals surface area contributed by atoms with E-state index in [4.69, 9.17) is 22.3 Å². The molecule has 0 amide bonds. The maximum absolute atomic E-state index is 6.41. The van der Waals surface area contributed by atoms with Crippen molar-refractivity contribution in [1.82, 2.24) is 9.97 Å². The predicted molar refractivity (Wildman–Crippen MR) is 78.0 cm³/mol. The molecule has 19 heavy (non-hydrogen) atoms. The Morgan fingerprint density at radius 1 is 1.42 bits per heavy atom. The Labute approximate surface area is 118 Å². The molecule has 3 N–H and O–H groups in total. The molecular formula is C15H18ClN3. The van der Waals surface area contributed by atoms with Gasteiger partial charge < -0.3 is 10.7 Å². The van der Waals surface area contributed by atoms with Crippen molar-refractivity contribution in [2.75, 3.05) is 0 Å². The van der Waals surface area contributed by atoms with E-state index in [1.165, 1.54) is 12.8 Å². The summed E-state index contributed by atoms with van der Waals surface area (Å²) >= 11 is 6.04. The Balaban J connectivity index is 2.02. The molecule has 1 aliphatic carbocycles. The van der Waals surface area contributed by atoms with Crippen molar-refractivity contribution < 1.29 is 0 Å². The third-order valence-corrected chi connectivity index (χ3v) is 4.15. The molecule has 1 atom stereocenters. The van der Waals surface area contributed by atoms with Gasteiger partial charge in [0.15, 0.2) is 0 Å². The number of rotatable bonds is 3. The highest BCUT2D eigenvalue weighted by Crippen LogP contribution is 2.43. The van der Waals surface area contributed by atoms with Crippen LogP contribution in [-0.4, -0.2) is 9.97 Å². The molecule has 3 nitrogen and oxygen atoms in total. The van der Waals surface area contributed by atoms with Crippen LogP contribution in [0.4, 0.5) is 0 Å². The van der Waals surface area contributed by atoms with Crippen molar-refractivity contribution in [3.05, 3.63) is 40.8 Å². The first kappa shape index (κ1) is 12.7. The van der Waals surface area contributed by atoms with Crippen LogP contribution in [0.2, 0.25) is 5.02 Å². The number of hydrogen-bond donors (Lipinski definition) is 2. The maximum Gasteiger partial charge on any atom is 0.127 e.